The number of nitro groups is 1. The van der Waals surface area contributed by atoms with Crippen LogP contribution in [0.25, 0.3) is 0 Å². The number of rotatable bonds is 2. The van der Waals surface area contributed by atoms with Crippen molar-refractivity contribution in [3.63, 3.8) is 0 Å². The molecule has 0 unspecified atom stereocenters. The second kappa shape index (κ2) is 4.70. The highest BCUT2D eigenvalue weighted by atomic mass is 16.6. The predicted molar refractivity (Wildman–Crippen MR) is 64.7 cm³/mol. The van der Waals surface area contributed by atoms with Crippen molar-refractivity contribution in [2.24, 2.45) is 4.99 Å². The minimum atomic E-state index is -0.581. The summed E-state index contributed by atoms with van der Waals surface area (Å²) in [4.78, 5) is 14.1. The molecule has 1 aromatic heterocycles. The Morgan fingerprint density at radius 3 is 2.44 bits per heavy atom. The Morgan fingerprint density at radius 1 is 1.22 bits per heavy atom. The van der Waals surface area contributed by atoms with E-state index in [1.54, 1.807) is 12.1 Å². The smallest absolute Gasteiger partial charge is 0.289 e. The highest BCUT2D eigenvalue weighted by Gasteiger charge is 2.05. The van der Waals surface area contributed by atoms with Crippen molar-refractivity contribution in [2.75, 3.05) is 0 Å². The summed E-state index contributed by atoms with van der Waals surface area (Å²) in [5.41, 5.74) is 1.80. The van der Waals surface area contributed by atoms with E-state index in [0.717, 1.165) is 11.8 Å². The zero-order chi connectivity index (χ0) is 13.1. The molecule has 2 rings (SSSR count). The fourth-order valence-corrected chi connectivity index (χ4v) is 1.42. The molecule has 0 spiro atoms. The van der Waals surface area contributed by atoms with Crippen molar-refractivity contribution in [3.05, 3.63) is 63.8 Å². The summed E-state index contributed by atoms with van der Waals surface area (Å²) in [5, 5.41) is 20.1. The number of benzene rings is 1. The molecule has 6 nitrogen and oxygen atoms in total. The van der Waals surface area contributed by atoms with E-state index in [9.17, 15) is 15.3 Å². The van der Waals surface area contributed by atoms with E-state index in [-0.39, 0.29) is 11.2 Å². The van der Waals surface area contributed by atoms with Crippen LogP contribution in [0.15, 0.2) is 47.6 Å². The van der Waals surface area contributed by atoms with Gasteiger partial charge in [0.2, 0.25) is 0 Å². The first-order valence-electron chi connectivity index (χ1n) is 5.24. The van der Waals surface area contributed by atoms with E-state index >= 15 is 0 Å². The van der Waals surface area contributed by atoms with Crippen LogP contribution in [0.3, 0.4) is 0 Å². The summed E-state index contributed by atoms with van der Waals surface area (Å²) in [6, 6.07) is 10.1. The highest BCUT2D eigenvalue weighted by molar-refractivity contribution is 5.38. The van der Waals surface area contributed by atoms with Gasteiger partial charge in [-0.25, -0.2) is 4.99 Å². The number of nitrogens with zero attached hydrogens (tertiary/aromatic N) is 3. The van der Waals surface area contributed by atoms with Gasteiger partial charge in [0.15, 0.2) is 5.49 Å². The molecular formula is C12H11N3O3. The third-order valence-electron chi connectivity index (χ3n) is 2.38. The van der Waals surface area contributed by atoms with Crippen molar-refractivity contribution >= 4 is 11.4 Å². The maximum absolute atomic E-state index is 10.5. The fraction of sp³-hybridized carbons (Fsp3) is 0.0833. The van der Waals surface area contributed by atoms with Crippen LogP contribution < -0.4 is 5.49 Å². The molecule has 1 aromatic carbocycles. The molecule has 18 heavy (non-hydrogen) atoms. The van der Waals surface area contributed by atoms with Gasteiger partial charge in [0, 0.05) is 6.07 Å². The summed E-state index contributed by atoms with van der Waals surface area (Å²) in [6.07, 6.45) is 1.01. The van der Waals surface area contributed by atoms with E-state index in [2.05, 4.69) is 4.99 Å². The maximum atomic E-state index is 10.5. The van der Waals surface area contributed by atoms with Gasteiger partial charge >= 0.3 is 0 Å². The number of pyridine rings is 1. The van der Waals surface area contributed by atoms with Crippen molar-refractivity contribution in [3.8, 4) is 0 Å². The van der Waals surface area contributed by atoms with Crippen LogP contribution in [-0.4, -0.2) is 14.9 Å². The van der Waals surface area contributed by atoms with Gasteiger partial charge in [-0.3, -0.25) is 10.1 Å². The monoisotopic (exact) mass is 245 g/mol. The Hall–Kier alpha value is -2.63. The minimum absolute atomic E-state index is 0.194. The molecular weight excluding hydrogens is 234 g/mol. The lowest BCUT2D eigenvalue weighted by atomic mass is 10.2. The van der Waals surface area contributed by atoms with Gasteiger partial charge in [-0.05, 0) is 25.1 Å². The number of hydrogen-bond donors (Lipinski definition) is 1. The van der Waals surface area contributed by atoms with Gasteiger partial charge in [0.25, 0.3) is 5.69 Å². The van der Waals surface area contributed by atoms with Gasteiger partial charge in [-0.2, -0.15) is 4.73 Å². The molecule has 0 atom stereocenters. The molecule has 92 valence electrons. The summed E-state index contributed by atoms with van der Waals surface area (Å²) in [6.45, 7) is 1.96. The Labute approximate surface area is 103 Å². The molecule has 6 heteroatoms. The molecule has 1 heterocycles. The maximum Gasteiger partial charge on any atom is 0.289 e. The van der Waals surface area contributed by atoms with E-state index in [1.807, 2.05) is 19.1 Å². The first kappa shape index (κ1) is 11.8. The van der Waals surface area contributed by atoms with Gasteiger partial charge in [0.05, 0.1) is 10.6 Å². The van der Waals surface area contributed by atoms with Crippen LogP contribution >= 0.6 is 0 Å². The van der Waals surface area contributed by atoms with E-state index in [4.69, 9.17) is 0 Å². The zero-order valence-corrected chi connectivity index (χ0v) is 9.65. The standard InChI is InChI=1S/C12H11N3O3/c1-9-2-4-10(5-3-9)13-12-7-6-11(15(17)18)8-14(12)16/h2-8,16H,1H3. The zero-order valence-electron chi connectivity index (χ0n) is 9.65. The topological polar surface area (TPSA) is 80.7 Å². The second-order valence-corrected chi connectivity index (χ2v) is 3.79. The van der Waals surface area contributed by atoms with Crippen molar-refractivity contribution < 1.29 is 10.1 Å². The molecule has 0 saturated heterocycles. The molecule has 0 radical (unpaired) electrons. The van der Waals surface area contributed by atoms with E-state index in [0.29, 0.717) is 10.4 Å². The lowest BCUT2D eigenvalue weighted by Gasteiger charge is -1.99. The molecule has 2 aromatic rings. The van der Waals surface area contributed by atoms with Crippen LogP contribution in [0.2, 0.25) is 0 Å². The predicted octanol–water partition coefficient (Wildman–Crippen LogP) is 2.17. The van der Waals surface area contributed by atoms with Gasteiger partial charge in [-0.15, -0.1) is 0 Å². The third-order valence-corrected chi connectivity index (χ3v) is 2.38. The van der Waals surface area contributed by atoms with Crippen molar-refractivity contribution in [1.29, 1.82) is 0 Å². The molecule has 0 aliphatic carbocycles. The quantitative estimate of drug-likeness (QED) is 0.500. The molecule has 0 amide bonds. The van der Waals surface area contributed by atoms with Gasteiger partial charge < -0.3 is 5.21 Å². The SMILES string of the molecule is Cc1ccc(N=c2ccc([N+](=O)[O-])cn2O)cc1. The lowest BCUT2D eigenvalue weighted by molar-refractivity contribution is -0.385. The summed E-state index contributed by atoms with van der Waals surface area (Å²) in [7, 11) is 0. The Morgan fingerprint density at radius 2 is 1.89 bits per heavy atom. The number of aromatic nitrogens is 1. The Bertz CT molecular complexity index is 644. The highest BCUT2D eigenvalue weighted by Crippen LogP contribution is 2.11. The molecule has 0 aliphatic rings. The fourth-order valence-electron chi connectivity index (χ4n) is 1.42. The van der Waals surface area contributed by atoms with Crippen LogP contribution in [0.4, 0.5) is 11.4 Å². The first-order valence-corrected chi connectivity index (χ1v) is 5.24. The van der Waals surface area contributed by atoms with E-state index in [1.165, 1.54) is 12.1 Å². The van der Waals surface area contributed by atoms with Gasteiger partial charge in [-0.1, -0.05) is 17.7 Å². The average Bonchev–Trinajstić information content (AvgIpc) is 2.34. The minimum Gasteiger partial charge on any atom is -0.427 e. The molecule has 0 bridgehead atoms. The largest absolute Gasteiger partial charge is 0.427 e. The van der Waals surface area contributed by atoms with E-state index < -0.39 is 4.92 Å². The second-order valence-electron chi connectivity index (χ2n) is 3.79. The first-order chi connectivity index (χ1) is 8.56. The van der Waals surface area contributed by atoms with Crippen molar-refractivity contribution in [1.82, 2.24) is 4.73 Å². The Balaban J connectivity index is 2.45. The average molecular weight is 245 g/mol. The van der Waals surface area contributed by atoms with Crippen LogP contribution in [-0.2, 0) is 0 Å². The third kappa shape index (κ3) is 2.54. The molecule has 1 N–H and O–H groups in total. The van der Waals surface area contributed by atoms with Crippen LogP contribution in [0, 0.1) is 17.0 Å². The normalized spacial score (nSPS) is 11.5. The summed E-state index contributed by atoms with van der Waals surface area (Å²) in [5.74, 6) is 0. The lowest BCUT2D eigenvalue weighted by Crippen LogP contribution is -2.17. The van der Waals surface area contributed by atoms with Gasteiger partial charge in [0.1, 0.15) is 6.20 Å². The van der Waals surface area contributed by atoms with Crippen molar-refractivity contribution in [2.45, 2.75) is 6.92 Å². The summed E-state index contributed by atoms with van der Waals surface area (Å²) >= 11 is 0. The number of hydrogen-bond acceptors (Lipinski definition) is 4. The van der Waals surface area contributed by atoms with Crippen LogP contribution in [0.1, 0.15) is 5.56 Å². The molecule has 0 saturated carbocycles. The number of aryl methyl sites for hydroxylation is 1. The van der Waals surface area contributed by atoms with Crippen LogP contribution in [0.5, 0.6) is 0 Å². The summed E-state index contributed by atoms with van der Waals surface area (Å²) < 4.78 is 0.637. The molecule has 0 aliphatic heterocycles. The Kier molecular flexibility index (Phi) is 3.09. The molecule has 0 fully saturated rings.